The molecule has 1 saturated heterocycles. The van der Waals surface area contributed by atoms with E-state index in [9.17, 15) is 24.1 Å². The maximum atomic E-state index is 13.7. The molecule has 0 saturated carbocycles. The fourth-order valence-corrected chi connectivity index (χ4v) is 5.35. The first-order valence-corrected chi connectivity index (χ1v) is 12.8. The molecule has 1 aromatic heterocycles. The van der Waals surface area contributed by atoms with Crippen LogP contribution in [-0.4, -0.2) is 64.2 Å². The van der Waals surface area contributed by atoms with E-state index in [-0.39, 0.29) is 12.4 Å². The van der Waals surface area contributed by atoms with Crippen molar-refractivity contribution in [3.8, 4) is 5.75 Å². The van der Waals surface area contributed by atoms with Gasteiger partial charge in [-0.15, -0.1) is 11.6 Å². The van der Waals surface area contributed by atoms with Crippen molar-refractivity contribution in [2.45, 2.75) is 49.5 Å². The third kappa shape index (κ3) is 6.29. The van der Waals surface area contributed by atoms with Crippen molar-refractivity contribution in [3.05, 3.63) is 63.4 Å². The van der Waals surface area contributed by atoms with E-state index in [2.05, 4.69) is 5.09 Å². The second kappa shape index (κ2) is 10.9. The van der Waals surface area contributed by atoms with Crippen LogP contribution in [0, 0.1) is 0 Å². The maximum absolute atomic E-state index is 13.7. The topological polar surface area (TPSA) is 158 Å². The summed E-state index contributed by atoms with van der Waals surface area (Å²) in [5, 5.41) is 13.3. The van der Waals surface area contributed by atoms with Gasteiger partial charge < -0.3 is 19.1 Å². The number of aromatic nitrogens is 2. The summed E-state index contributed by atoms with van der Waals surface area (Å²) in [6.07, 6.45) is -3.19. The van der Waals surface area contributed by atoms with Gasteiger partial charge in [-0.2, -0.15) is 5.09 Å². The Morgan fingerprint density at radius 1 is 1.33 bits per heavy atom. The SMILES string of the molecule is [B][C@]1(Cl)[C@H](O)[C@@H](CO[P@@](=O)(NC(C)(C)C(=O)OCC)Oc2ccccc2)O[C@H]1n1ccc(=O)[nH]c1=O. The van der Waals surface area contributed by atoms with Gasteiger partial charge in [0.1, 0.15) is 25.2 Å². The van der Waals surface area contributed by atoms with Crippen LogP contribution in [-0.2, 0) is 23.4 Å². The van der Waals surface area contributed by atoms with Crippen molar-refractivity contribution in [3.63, 3.8) is 0 Å². The van der Waals surface area contributed by atoms with E-state index < -0.39 is 60.3 Å². The largest absolute Gasteiger partial charge is 0.465 e. The summed E-state index contributed by atoms with van der Waals surface area (Å²) in [6.45, 7) is 4.00. The molecule has 0 unspecified atom stereocenters. The highest BCUT2D eigenvalue weighted by Crippen LogP contribution is 2.48. The van der Waals surface area contributed by atoms with Gasteiger partial charge in [0.15, 0.2) is 6.23 Å². The molecule has 3 N–H and O–H groups in total. The number of nitrogens with zero attached hydrogens (tertiary/aromatic N) is 1. The molecule has 12 nitrogen and oxygen atoms in total. The number of hydrogen-bond acceptors (Lipinski definition) is 9. The van der Waals surface area contributed by atoms with Crippen LogP contribution in [0.4, 0.5) is 0 Å². The van der Waals surface area contributed by atoms with Crippen molar-refractivity contribution < 1.29 is 33.0 Å². The Morgan fingerprint density at radius 3 is 2.61 bits per heavy atom. The Hall–Kier alpha value is -2.41. The molecule has 15 heteroatoms. The van der Waals surface area contributed by atoms with Gasteiger partial charge in [-0.1, -0.05) is 18.2 Å². The Kier molecular flexibility index (Phi) is 8.54. The molecule has 5 atom stereocenters. The number of carbonyl (C=O) groups is 1. The zero-order valence-corrected chi connectivity index (χ0v) is 21.4. The van der Waals surface area contributed by atoms with Crippen LogP contribution in [0.15, 0.2) is 52.2 Å². The number of H-pyrrole nitrogens is 1. The number of aliphatic hydroxyl groups excluding tert-OH is 1. The van der Waals surface area contributed by atoms with Gasteiger partial charge in [0, 0.05) is 12.3 Å². The van der Waals surface area contributed by atoms with E-state index in [4.69, 9.17) is 38.0 Å². The van der Waals surface area contributed by atoms with E-state index in [0.29, 0.717) is 0 Å². The molecule has 1 aliphatic heterocycles. The number of rotatable bonds is 10. The first-order valence-electron chi connectivity index (χ1n) is 10.9. The molecule has 0 amide bonds. The van der Waals surface area contributed by atoms with E-state index >= 15 is 0 Å². The summed E-state index contributed by atoms with van der Waals surface area (Å²) in [5.41, 5.74) is -3.01. The Morgan fingerprint density at radius 2 is 2.00 bits per heavy atom. The lowest BCUT2D eigenvalue weighted by Crippen LogP contribution is -2.47. The van der Waals surface area contributed by atoms with Crippen LogP contribution in [0.25, 0.3) is 0 Å². The number of halogens is 1. The summed E-state index contributed by atoms with van der Waals surface area (Å²) < 4.78 is 34.4. The molecular weight excluding hydrogens is 515 g/mol. The Balaban J connectivity index is 1.84. The van der Waals surface area contributed by atoms with Crippen molar-refractivity contribution in [2.75, 3.05) is 13.2 Å². The molecular formula is C21H26BClN3O9P. The van der Waals surface area contributed by atoms with Crippen molar-refractivity contribution >= 4 is 33.2 Å². The summed E-state index contributed by atoms with van der Waals surface area (Å²) in [6, 6.07) is 9.11. The molecule has 1 fully saturated rings. The lowest BCUT2D eigenvalue weighted by Gasteiger charge is -2.30. The quantitative estimate of drug-likeness (QED) is 0.172. The van der Waals surface area contributed by atoms with Crippen LogP contribution in [0.5, 0.6) is 5.75 Å². The van der Waals surface area contributed by atoms with Gasteiger partial charge in [-0.05, 0) is 32.9 Å². The predicted molar refractivity (Wildman–Crippen MR) is 130 cm³/mol. The van der Waals surface area contributed by atoms with Crippen LogP contribution in [0.1, 0.15) is 27.0 Å². The van der Waals surface area contributed by atoms with Crippen molar-refractivity contribution in [1.29, 1.82) is 0 Å². The first kappa shape index (κ1) is 28.2. The number of aromatic amines is 1. The van der Waals surface area contributed by atoms with Gasteiger partial charge in [-0.25, -0.2) is 9.36 Å². The number of para-hydroxylation sites is 1. The minimum Gasteiger partial charge on any atom is -0.465 e. The molecule has 0 bridgehead atoms. The number of aliphatic hydroxyl groups is 1. The summed E-state index contributed by atoms with van der Waals surface area (Å²) in [5.74, 6) is -0.536. The Labute approximate surface area is 212 Å². The molecule has 36 heavy (non-hydrogen) atoms. The fourth-order valence-electron chi connectivity index (χ4n) is 3.37. The monoisotopic (exact) mass is 541 g/mol. The van der Waals surface area contributed by atoms with Crippen LogP contribution < -0.4 is 20.9 Å². The Bertz CT molecular complexity index is 1240. The number of benzene rings is 1. The lowest BCUT2D eigenvalue weighted by molar-refractivity contribution is -0.149. The fraction of sp³-hybridized carbons (Fsp3) is 0.476. The number of esters is 1. The maximum Gasteiger partial charge on any atom is 0.459 e. The number of alkyl halides is 1. The molecule has 2 heterocycles. The zero-order chi connectivity index (χ0) is 26.7. The van der Waals surface area contributed by atoms with Crippen LogP contribution in [0.3, 0.4) is 0 Å². The van der Waals surface area contributed by atoms with E-state index in [0.717, 1.165) is 16.8 Å². The van der Waals surface area contributed by atoms with Gasteiger partial charge in [0.2, 0.25) is 0 Å². The summed E-state index contributed by atoms with van der Waals surface area (Å²) in [7, 11) is 1.73. The normalized spacial score (nSPS) is 25.8. The molecule has 2 radical (unpaired) electrons. The van der Waals surface area contributed by atoms with Crippen molar-refractivity contribution in [2.24, 2.45) is 0 Å². The third-order valence-corrected chi connectivity index (χ3v) is 7.35. The molecule has 0 spiro atoms. The number of ether oxygens (including phenoxy) is 2. The minimum atomic E-state index is -4.31. The molecule has 0 aliphatic carbocycles. The van der Waals surface area contributed by atoms with Crippen LogP contribution >= 0.6 is 19.3 Å². The second-order valence-electron chi connectivity index (χ2n) is 8.47. The molecule has 1 aliphatic rings. The third-order valence-electron chi connectivity index (χ3n) is 5.17. The van der Waals surface area contributed by atoms with E-state index in [1.165, 1.54) is 26.0 Å². The van der Waals surface area contributed by atoms with Gasteiger partial charge >= 0.3 is 19.4 Å². The van der Waals surface area contributed by atoms with E-state index in [1.807, 2.05) is 4.98 Å². The molecule has 2 aromatic rings. The average molecular weight is 542 g/mol. The van der Waals surface area contributed by atoms with Gasteiger partial charge in [0.05, 0.1) is 24.1 Å². The van der Waals surface area contributed by atoms with Gasteiger partial charge in [-0.3, -0.25) is 23.7 Å². The highest BCUT2D eigenvalue weighted by molar-refractivity contribution is 7.52. The van der Waals surface area contributed by atoms with Crippen LogP contribution in [0.2, 0.25) is 0 Å². The lowest BCUT2D eigenvalue weighted by atomic mass is 9.79. The smallest absolute Gasteiger partial charge is 0.459 e. The standard InChI is InChI=1S/C21H26BClN3O9P/c1-4-32-18(29)20(2,3)25-36(31,35-13-8-6-5-7-9-13)33-12-14-16(28)21(22,23)17(34-14)26-11-10-15(27)24-19(26)30/h5-11,14,16-17,28H,4,12H2,1-3H3,(H,25,31)(H,24,27,30)/t14-,16-,17-,21+,36+/m1/s1. The predicted octanol–water partition coefficient (Wildman–Crippen LogP) is 1.03. The average Bonchev–Trinajstić information content (AvgIpc) is 3.01. The number of nitrogens with one attached hydrogen (secondary N) is 2. The minimum absolute atomic E-state index is 0.0938. The highest BCUT2D eigenvalue weighted by atomic mass is 35.5. The summed E-state index contributed by atoms with van der Waals surface area (Å²) in [4.78, 5) is 38.0. The highest BCUT2D eigenvalue weighted by Gasteiger charge is 2.53. The van der Waals surface area contributed by atoms with E-state index in [1.54, 1.807) is 25.1 Å². The van der Waals surface area contributed by atoms with Crippen molar-refractivity contribution in [1.82, 2.24) is 14.6 Å². The number of hydrogen-bond donors (Lipinski definition) is 3. The molecule has 1 aromatic carbocycles. The second-order valence-corrected chi connectivity index (χ2v) is 10.8. The first-order chi connectivity index (χ1) is 16.8. The number of carbonyl (C=O) groups excluding carboxylic acids is 1. The van der Waals surface area contributed by atoms with Gasteiger partial charge in [0.25, 0.3) is 5.56 Å². The molecule has 194 valence electrons. The summed E-state index contributed by atoms with van der Waals surface area (Å²) >= 11 is 6.31. The molecule has 3 rings (SSSR count). The zero-order valence-electron chi connectivity index (χ0n) is 19.8.